The van der Waals surface area contributed by atoms with E-state index in [0.717, 1.165) is 16.9 Å². The highest BCUT2D eigenvalue weighted by Crippen LogP contribution is 2.26. The monoisotopic (exact) mass is 361 g/mol. The maximum Gasteiger partial charge on any atom is 0.251 e. The van der Waals surface area contributed by atoms with Crippen LogP contribution in [0.2, 0.25) is 0 Å². The summed E-state index contributed by atoms with van der Waals surface area (Å²) >= 11 is 0. The molecule has 1 amide bonds. The Labute approximate surface area is 162 Å². The van der Waals surface area contributed by atoms with Gasteiger partial charge < -0.3 is 10.1 Å². The first kappa shape index (κ1) is 19.0. The first-order chi connectivity index (χ1) is 13.2. The van der Waals surface area contributed by atoms with Gasteiger partial charge in [0.2, 0.25) is 0 Å². The lowest BCUT2D eigenvalue weighted by Gasteiger charge is -2.28. The lowest BCUT2D eigenvalue weighted by molar-refractivity contribution is 0.0919. The first-order valence-electron chi connectivity index (χ1n) is 9.73. The molecule has 2 aromatic carbocycles. The van der Waals surface area contributed by atoms with Gasteiger partial charge in [-0.25, -0.2) is 0 Å². The summed E-state index contributed by atoms with van der Waals surface area (Å²) in [5, 5.41) is 3.17. The largest absolute Gasteiger partial charge is 0.497 e. The van der Waals surface area contributed by atoms with Crippen molar-refractivity contribution in [1.29, 1.82) is 0 Å². The zero-order chi connectivity index (χ0) is 19.1. The number of hydrogen-bond donors (Lipinski definition) is 1. The van der Waals surface area contributed by atoms with Gasteiger partial charge in [-0.05, 0) is 74.2 Å². The number of ether oxygens (including phenoxy) is 1. The number of rotatable bonds is 4. The van der Waals surface area contributed by atoms with E-state index >= 15 is 0 Å². The van der Waals surface area contributed by atoms with E-state index in [1.807, 2.05) is 48.5 Å². The van der Waals surface area contributed by atoms with Gasteiger partial charge in [0.1, 0.15) is 5.75 Å². The number of carbonyl (C=O) groups excluding carboxylic acids is 1. The fourth-order valence-electron chi connectivity index (χ4n) is 3.57. The quantitative estimate of drug-likeness (QED) is 0.795. The molecule has 1 atom stereocenters. The third-order valence-corrected chi connectivity index (χ3v) is 5.30. The van der Waals surface area contributed by atoms with Crippen molar-refractivity contribution < 1.29 is 9.53 Å². The van der Waals surface area contributed by atoms with Gasteiger partial charge in [-0.15, -0.1) is 0 Å². The van der Waals surface area contributed by atoms with E-state index in [2.05, 4.69) is 24.1 Å². The molecule has 27 heavy (non-hydrogen) atoms. The second-order valence-corrected chi connectivity index (χ2v) is 7.22. The number of amides is 1. The molecule has 1 aliphatic carbocycles. The average molecular weight is 361 g/mol. The Morgan fingerprint density at radius 2 is 1.52 bits per heavy atom. The molecule has 2 aromatic rings. The second-order valence-electron chi connectivity index (χ2n) is 7.22. The van der Waals surface area contributed by atoms with Crippen molar-refractivity contribution in [2.45, 2.75) is 45.1 Å². The summed E-state index contributed by atoms with van der Waals surface area (Å²) in [4.78, 5) is 12.5. The number of hydrogen-bond acceptors (Lipinski definition) is 2. The van der Waals surface area contributed by atoms with E-state index < -0.39 is 0 Å². The van der Waals surface area contributed by atoms with Crippen molar-refractivity contribution in [3.63, 3.8) is 0 Å². The Bertz CT molecular complexity index is 806. The van der Waals surface area contributed by atoms with E-state index in [1.165, 1.54) is 32.1 Å². The molecule has 0 heterocycles. The van der Waals surface area contributed by atoms with E-state index in [4.69, 9.17) is 4.74 Å². The lowest BCUT2D eigenvalue weighted by Crippen LogP contribution is -2.38. The SMILES string of the molecule is COc1ccc(C#Cc2ccc(C(=O)N[C@H](C)C3CCCCC3)cc2)cc1. The maximum atomic E-state index is 12.5. The van der Waals surface area contributed by atoms with Crippen molar-refractivity contribution >= 4 is 5.91 Å². The maximum absolute atomic E-state index is 12.5. The van der Waals surface area contributed by atoms with E-state index in [-0.39, 0.29) is 11.9 Å². The Morgan fingerprint density at radius 3 is 2.07 bits per heavy atom. The zero-order valence-corrected chi connectivity index (χ0v) is 16.1. The van der Waals surface area contributed by atoms with Crippen LogP contribution >= 0.6 is 0 Å². The molecule has 0 radical (unpaired) electrons. The smallest absolute Gasteiger partial charge is 0.251 e. The van der Waals surface area contributed by atoms with Gasteiger partial charge in [-0.3, -0.25) is 4.79 Å². The highest BCUT2D eigenvalue weighted by Gasteiger charge is 2.21. The molecule has 3 rings (SSSR count). The predicted molar refractivity (Wildman–Crippen MR) is 109 cm³/mol. The van der Waals surface area contributed by atoms with Crippen LogP contribution in [0.5, 0.6) is 5.75 Å². The summed E-state index contributed by atoms with van der Waals surface area (Å²) < 4.78 is 5.15. The van der Waals surface area contributed by atoms with Crippen LogP contribution in [0.1, 0.15) is 60.5 Å². The van der Waals surface area contributed by atoms with Crippen molar-refractivity contribution in [3.05, 3.63) is 65.2 Å². The first-order valence-corrected chi connectivity index (χ1v) is 9.73. The van der Waals surface area contributed by atoms with Crippen molar-refractivity contribution in [1.82, 2.24) is 5.32 Å². The number of methoxy groups -OCH3 is 1. The van der Waals surface area contributed by atoms with Gasteiger partial charge in [-0.1, -0.05) is 31.1 Å². The van der Waals surface area contributed by atoms with E-state index in [0.29, 0.717) is 11.5 Å². The molecule has 1 N–H and O–H groups in total. The number of nitrogens with one attached hydrogen (secondary N) is 1. The predicted octanol–water partition coefficient (Wildman–Crippen LogP) is 4.79. The van der Waals surface area contributed by atoms with Crippen LogP contribution in [0.4, 0.5) is 0 Å². The van der Waals surface area contributed by atoms with Gasteiger partial charge in [-0.2, -0.15) is 0 Å². The zero-order valence-electron chi connectivity index (χ0n) is 16.1. The topological polar surface area (TPSA) is 38.3 Å². The highest BCUT2D eigenvalue weighted by atomic mass is 16.5. The molecule has 1 aliphatic rings. The van der Waals surface area contributed by atoms with Crippen LogP contribution in [0.3, 0.4) is 0 Å². The molecular formula is C24H27NO2. The Balaban J connectivity index is 1.59. The fourth-order valence-corrected chi connectivity index (χ4v) is 3.57. The average Bonchev–Trinajstić information content (AvgIpc) is 2.73. The summed E-state index contributed by atoms with van der Waals surface area (Å²) in [6.45, 7) is 2.13. The molecular weight excluding hydrogens is 334 g/mol. The van der Waals surface area contributed by atoms with E-state index in [1.54, 1.807) is 7.11 Å². The summed E-state index contributed by atoms with van der Waals surface area (Å²) in [5.41, 5.74) is 2.51. The van der Waals surface area contributed by atoms with Crippen LogP contribution in [0, 0.1) is 17.8 Å². The molecule has 3 nitrogen and oxygen atoms in total. The Morgan fingerprint density at radius 1 is 0.963 bits per heavy atom. The Hall–Kier alpha value is -2.73. The Kier molecular flexibility index (Phi) is 6.54. The third kappa shape index (κ3) is 5.37. The minimum absolute atomic E-state index is 0.00253. The lowest BCUT2D eigenvalue weighted by atomic mass is 9.84. The van der Waals surface area contributed by atoms with Crippen LogP contribution in [-0.2, 0) is 0 Å². The normalized spacial score (nSPS) is 15.3. The summed E-state index contributed by atoms with van der Waals surface area (Å²) in [6.07, 6.45) is 6.34. The van der Waals surface area contributed by atoms with Crippen LogP contribution in [0.25, 0.3) is 0 Å². The van der Waals surface area contributed by atoms with Crippen molar-refractivity contribution in [2.75, 3.05) is 7.11 Å². The second kappa shape index (κ2) is 9.28. The molecule has 1 fully saturated rings. The van der Waals surface area contributed by atoms with Gasteiger partial charge >= 0.3 is 0 Å². The molecule has 140 valence electrons. The van der Waals surface area contributed by atoms with Crippen LogP contribution in [0.15, 0.2) is 48.5 Å². The molecule has 1 saturated carbocycles. The van der Waals surface area contributed by atoms with Gasteiger partial charge in [0, 0.05) is 22.7 Å². The molecule has 0 aromatic heterocycles. The summed E-state index contributed by atoms with van der Waals surface area (Å²) in [6, 6.07) is 15.4. The fraction of sp³-hybridized carbons (Fsp3) is 0.375. The molecule has 0 aliphatic heterocycles. The molecule has 0 spiro atoms. The summed E-state index contributed by atoms with van der Waals surface area (Å²) in [7, 11) is 1.65. The van der Waals surface area contributed by atoms with Crippen molar-refractivity contribution in [3.8, 4) is 17.6 Å². The summed E-state index contributed by atoms with van der Waals surface area (Å²) in [5.74, 6) is 7.69. The van der Waals surface area contributed by atoms with Gasteiger partial charge in [0.25, 0.3) is 5.91 Å². The molecule has 0 saturated heterocycles. The minimum atomic E-state index is 0.00253. The molecule has 3 heteroatoms. The molecule has 0 unspecified atom stereocenters. The van der Waals surface area contributed by atoms with Gasteiger partial charge in [0.05, 0.1) is 7.11 Å². The standard InChI is InChI=1S/C24H27NO2/c1-18(21-6-4-3-5-7-21)25-24(26)22-14-10-19(11-15-22)8-9-20-12-16-23(27-2)17-13-20/h10-18,21H,3-7H2,1-2H3,(H,25,26)/t18-/m1/s1. The number of carbonyl (C=O) groups is 1. The number of benzene rings is 2. The minimum Gasteiger partial charge on any atom is -0.497 e. The van der Waals surface area contributed by atoms with Crippen molar-refractivity contribution in [2.24, 2.45) is 5.92 Å². The van der Waals surface area contributed by atoms with Crippen LogP contribution < -0.4 is 10.1 Å². The third-order valence-electron chi connectivity index (χ3n) is 5.30. The van der Waals surface area contributed by atoms with Crippen LogP contribution in [-0.4, -0.2) is 19.1 Å². The van der Waals surface area contributed by atoms with Gasteiger partial charge in [0.15, 0.2) is 0 Å². The molecule has 0 bridgehead atoms. The highest BCUT2D eigenvalue weighted by molar-refractivity contribution is 5.94. The van der Waals surface area contributed by atoms with E-state index in [9.17, 15) is 4.79 Å².